The molecule has 224 valence electrons. The first-order chi connectivity index (χ1) is 19.8. The molecule has 0 saturated heterocycles. The third-order valence-electron chi connectivity index (χ3n) is 5.76. The lowest BCUT2D eigenvalue weighted by molar-refractivity contribution is 0.813. The maximum Gasteiger partial charge on any atom is -0.0169 e. The fraction of sp³-hybridized carbons (Fsp3) is 0.500. The van der Waals surface area contributed by atoms with Gasteiger partial charge in [0.2, 0.25) is 0 Å². The fourth-order valence-electron chi connectivity index (χ4n) is 3.38. The van der Waals surface area contributed by atoms with Gasteiger partial charge in [-0.25, -0.2) is 0 Å². The van der Waals surface area contributed by atoms with Gasteiger partial charge in [0.05, 0.1) is 0 Å². The Balaban J connectivity index is 0. The van der Waals surface area contributed by atoms with Crippen molar-refractivity contribution in [2.24, 2.45) is 0 Å². The van der Waals surface area contributed by atoms with Gasteiger partial charge >= 0.3 is 0 Å². The van der Waals surface area contributed by atoms with Gasteiger partial charge in [-0.05, 0) is 77.0 Å². The maximum absolute atomic E-state index is 2.29. The molecule has 0 aromatic rings. The summed E-state index contributed by atoms with van der Waals surface area (Å²) in [6.45, 7) is 8.79. The predicted molar refractivity (Wildman–Crippen MR) is 188 cm³/mol. The highest BCUT2D eigenvalue weighted by molar-refractivity contribution is 5.02. The van der Waals surface area contributed by atoms with Crippen LogP contribution < -0.4 is 0 Å². The van der Waals surface area contributed by atoms with Crippen molar-refractivity contribution in [1.82, 2.24) is 0 Å². The Morgan fingerprint density at radius 2 is 0.450 bits per heavy atom. The molecular formula is C40H64. The highest BCUT2D eigenvalue weighted by Crippen LogP contribution is 2.00. The zero-order valence-corrected chi connectivity index (χ0v) is 26.9. The normalized spacial score (nSPS) is 13.1. The Labute approximate surface area is 251 Å². The van der Waals surface area contributed by atoms with Gasteiger partial charge in [-0.15, -0.1) is 0 Å². The Bertz CT molecular complexity index is 692. The van der Waals surface area contributed by atoms with Crippen LogP contribution in [0.15, 0.2) is 122 Å². The lowest BCUT2D eigenvalue weighted by Gasteiger charge is -1.87. The SMILES string of the molecule is CC/C=C\C/C=C\C/C=C\C/C=C\C/C=C\CCCC.CC/C=C\C/C=C\C/C=C\C/C=C\C/C=C\CCCC. The van der Waals surface area contributed by atoms with Crippen LogP contribution in [0, 0.1) is 0 Å². The molecule has 40 heavy (non-hydrogen) atoms. The molecule has 0 unspecified atom stereocenters. The summed E-state index contributed by atoms with van der Waals surface area (Å²) >= 11 is 0. The zero-order valence-electron chi connectivity index (χ0n) is 26.9. The third-order valence-corrected chi connectivity index (χ3v) is 5.76. The minimum Gasteiger partial charge on any atom is -0.0885 e. The molecule has 0 aliphatic carbocycles. The van der Waals surface area contributed by atoms with E-state index in [2.05, 4.69) is 149 Å². The molecule has 0 rings (SSSR count). The van der Waals surface area contributed by atoms with E-state index in [4.69, 9.17) is 0 Å². The number of hydrogen-bond donors (Lipinski definition) is 0. The van der Waals surface area contributed by atoms with Gasteiger partial charge in [0, 0.05) is 0 Å². The quantitative estimate of drug-likeness (QED) is 0.0837. The van der Waals surface area contributed by atoms with E-state index in [1.807, 2.05) is 0 Å². The summed E-state index contributed by atoms with van der Waals surface area (Å²) in [5.74, 6) is 0. The van der Waals surface area contributed by atoms with Crippen LogP contribution in [0.2, 0.25) is 0 Å². The largest absolute Gasteiger partial charge is 0.0885 e. The molecule has 0 saturated carbocycles. The third kappa shape index (κ3) is 42.5. The highest BCUT2D eigenvalue weighted by Gasteiger charge is 1.79. The molecular weight excluding hydrogens is 480 g/mol. The molecule has 0 aliphatic rings. The first-order valence-corrected chi connectivity index (χ1v) is 16.3. The molecule has 0 bridgehead atoms. The van der Waals surface area contributed by atoms with Crippen molar-refractivity contribution in [2.45, 2.75) is 130 Å². The van der Waals surface area contributed by atoms with Crippen LogP contribution in [0.25, 0.3) is 0 Å². The van der Waals surface area contributed by atoms with Crippen LogP contribution >= 0.6 is 0 Å². The van der Waals surface area contributed by atoms with Crippen molar-refractivity contribution >= 4 is 0 Å². The highest BCUT2D eigenvalue weighted by atomic mass is 13.9. The molecule has 0 spiro atoms. The molecule has 0 heteroatoms. The van der Waals surface area contributed by atoms with Crippen molar-refractivity contribution in [3.05, 3.63) is 122 Å². The van der Waals surface area contributed by atoms with Crippen molar-refractivity contribution in [2.75, 3.05) is 0 Å². The average Bonchev–Trinajstić information content (AvgIpc) is 2.97. The van der Waals surface area contributed by atoms with Gasteiger partial charge in [0.1, 0.15) is 0 Å². The second kappa shape index (κ2) is 40.9. The van der Waals surface area contributed by atoms with E-state index < -0.39 is 0 Å². The van der Waals surface area contributed by atoms with Crippen LogP contribution in [-0.4, -0.2) is 0 Å². The topological polar surface area (TPSA) is 0 Å². The van der Waals surface area contributed by atoms with Crippen LogP contribution in [0.4, 0.5) is 0 Å². The lowest BCUT2D eigenvalue weighted by atomic mass is 10.2. The van der Waals surface area contributed by atoms with E-state index in [9.17, 15) is 0 Å². The standard InChI is InChI=1S/2C20H32/c2*1-3-5-7-9-11-13-15-17-19-20-18-16-14-12-10-8-6-4-2/h2*5,7,10-13,16-19H,3-4,6,8-9,14-15,20H2,1-2H3/b2*7-5-,12-10-,13-11-,18-16-,19-17-. The molecule has 0 fully saturated rings. The van der Waals surface area contributed by atoms with Gasteiger partial charge in [-0.3, -0.25) is 0 Å². The second-order valence-corrected chi connectivity index (χ2v) is 9.70. The number of unbranched alkanes of at least 4 members (excludes halogenated alkanes) is 4. The van der Waals surface area contributed by atoms with E-state index >= 15 is 0 Å². The molecule has 0 aromatic carbocycles. The minimum atomic E-state index is 1.05. The number of hydrogen-bond acceptors (Lipinski definition) is 0. The molecule has 0 nitrogen and oxygen atoms in total. The van der Waals surface area contributed by atoms with Crippen LogP contribution in [-0.2, 0) is 0 Å². The second-order valence-electron chi connectivity index (χ2n) is 9.70. The van der Waals surface area contributed by atoms with Crippen molar-refractivity contribution in [3.8, 4) is 0 Å². The molecule has 0 radical (unpaired) electrons. The average molecular weight is 545 g/mol. The number of rotatable bonds is 24. The van der Waals surface area contributed by atoms with Gasteiger partial charge in [0.15, 0.2) is 0 Å². The number of allylic oxidation sites excluding steroid dienone is 20. The summed E-state index contributed by atoms with van der Waals surface area (Å²) in [5.41, 5.74) is 0. The molecule has 0 atom stereocenters. The van der Waals surface area contributed by atoms with E-state index in [1.54, 1.807) is 0 Å². The van der Waals surface area contributed by atoms with E-state index in [1.165, 1.54) is 38.5 Å². The maximum atomic E-state index is 2.29. The van der Waals surface area contributed by atoms with Gasteiger partial charge in [-0.2, -0.15) is 0 Å². The van der Waals surface area contributed by atoms with Crippen LogP contribution in [0.3, 0.4) is 0 Å². The summed E-state index contributed by atoms with van der Waals surface area (Å²) < 4.78 is 0. The minimum absolute atomic E-state index is 1.05. The van der Waals surface area contributed by atoms with Gasteiger partial charge in [0.25, 0.3) is 0 Å². The Morgan fingerprint density at radius 1 is 0.250 bits per heavy atom. The summed E-state index contributed by atoms with van der Waals surface area (Å²) in [5, 5.41) is 0. The lowest BCUT2D eigenvalue weighted by Crippen LogP contribution is -1.67. The molecule has 0 aliphatic heterocycles. The van der Waals surface area contributed by atoms with E-state index in [0.29, 0.717) is 0 Å². The van der Waals surface area contributed by atoms with Crippen LogP contribution in [0.5, 0.6) is 0 Å². The Kier molecular flexibility index (Phi) is 40.4. The molecule has 0 heterocycles. The van der Waals surface area contributed by atoms with Crippen molar-refractivity contribution in [1.29, 1.82) is 0 Å². The Hall–Kier alpha value is -2.60. The van der Waals surface area contributed by atoms with Crippen molar-refractivity contribution < 1.29 is 0 Å². The van der Waals surface area contributed by atoms with E-state index in [-0.39, 0.29) is 0 Å². The van der Waals surface area contributed by atoms with E-state index in [0.717, 1.165) is 64.2 Å². The van der Waals surface area contributed by atoms with Crippen molar-refractivity contribution in [3.63, 3.8) is 0 Å². The van der Waals surface area contributed by atoms with Crippen LogP contribution in [0.1, 0.15) is 130 Å². The van der Waals surface area contributed by atoms with Gasteiger partial charge in [-0.1, -0.05) is 175 Å². The summed E-state index contributed by atoms with van der Waals surface area (Å²) in [6.07, 6.45) is 63.2. The molecule has 0 N–H and O–H groups in total. The zero-order chi connectivity index (χ0) is 29.5. The Morgan fingerprint density at radius 3 is 0.650 bits per heavy atom. The smallest absolute Gasteiger partial charge is 0.0169 e. The molecule has 0 aromatic heterocycles. The summed E-state index contributed by atoms with van der Waals surface area (Å²) in [4.78, 5) is 0. The molecule has 0 amide bonds. The van der Waals surface area contributed by atoms with Gasteiger partial charge < -0.3 is 0 Å². The predicted octanol–water partition coefficient (Wildman–Crippen LogP) is 13.9. The summed E-state index contributed by atoms with van der Waals surface area (Å²) in [6, 6.07) is 0. The monoisotopic (exact) mass is 545 g/mol. The fourth-order valence-corrected chi connectivity index (χ4v) is 3.38. The first-order valence-electron chi connectivity index (χ1n) is 16.3. The summed E-state index contributed by atoms with van der Waals surface area (Å²) in [7, 11) is 0. The first kappa shape index (κ1) is 39.5.